The molecule has 0 unspecified atom stereocenters. The highest BCUT2D eigenvalue weighted by Crippen LogP contribution is 2.21. The van der Waals surface area contributed by atoms with Gasteiger partial charge in [-0.1, -0.05) is 0 Å². The molecule has 1 N–H and O–H groups in total. The summed E-state index contributed by atoms with van der Waals surface area (Å²) >= 11 is 0. The Balaban J connectivity index is 2.12. The van der Waals surface area contributed by atoms with Gasteiger partial charge in [-0.25, -0.2) is 4.98 Å². The Labute approximate surface area is 119 Å². The second-order valence-corrected chi connectivity index (χ2v) is 4.39. The van der Waals surface area contributed by atoms with E-state index in [1.807, 2.05) is 24.3 Å². The van der Waals surface area contributed by atoms with E-state index in [1.165, 1.54) is 5.69 Å². The van der Waals surface area contributed by atoms with Crippen LogP contribution in [0.5, 0.6) is 0 Å². The first-order valence-electron chi connectivity index (χ1n) is 6.75. The van der Waals surface area contributed by atoms with Crippen molar-refractivity contribution in [3.8, 4) is 6.07 Å². The van der Waals surface area contributed by atoms with Crippen LogP contribution >= 0.6 is 0 Å². The highest BCUT2D eigenvalue weighted by atomic mass is 15.1. The molecule has 0 aliphatic rings. The van der Waals surface area contributed by atoms with Gasteiger partial charge in [-0.05, 0) is 50.2 Å². The first-order chi connectivity index (χ1) is 9.76. The maximum absolute atomic E-state index is 8.83. The maximum atomic E-state index is 8.83. The van der Waals surface area contributed by atoms with Crippen LogP contribution in [-0.2, 0) is 0 Å². The third-order valence-corrected chi connectivity index (χ3v) is 3.16. The van der Waals surface area contributed by atoms with Crippen LogP contribution in [0.25, 0.3) is 0 Å². The summed E-state index contributed by atoms with van der Waals surface area (Å²) in [7, 11) is 0. The van der Waals surface area contributed by atoms with E-state index >= 15 is 0 Å². The summed E-state index contributed by atoms with van der Waals surface area (Å²) in [5.41, 5.74) is 3.49. The summed E-state index contributed by atoms with van der Waals surface area (Å²) < 4.78 is 0. The fraction of sp³-hybridized carbons (Fsp3) is 0.250. The van der Waals surface area contributed by atoms with Crippen LogP contribution in [0, 0.1) is 11.3 Å². The molecule has 0 spiro atoms. The van der Waals surface area contributed by atoms with Crippen molar-refractivity contribution in [3.63, 3.8) is 0 Å². The molecule has 1 aromatic carbocycles. The molecule has 4 heteroatoms. The van der Waals surface area contributed by atoms with E-state index < -0.39 is 0 Å². The molecule has 2 rings (SSSR count). The van der Waals surface area contributed by atoms with Gasteiger partial charge in [0.2, 0.25) is 0 Å². The van der Waals surface area contributed by atoms with E-state index in [0.717, 1.165) is 24.5 Å². The highest BCUT2D eigenvalue weighted by molar-refractivity contribution is 5.63. The SMILES string of the molecule is CCN(CC)c1ccc(Nc2ccnc(C#N)c2)cc1. The van der Waals surface area contributed by atoms with Gasteiger partial charge in [0.05, 0.1) is 0 Å². The Kier molecular flexibility index (Phi) is 4.56. The molecule has 0 radical (unpaired) electrons. The van der Waals surface area contributed by atoms with Crippen LogP contribution in [-0.4, -0.2) is 18.1 Å². The zero-order valence-corrected chi connectivity index (χ0v) is 11.8. The number of nitriles is 1. The monoisotopic (exact) mass is 266 g/mol. The minimum Gasteiger partial charge on any atom is -0.372 e. The summed E-state index contributed by atoms with van der Waals surface area (Å²) in [6, 6.07) is 13.9. The molecule has 2 aromatic rings. The number of benzene rings is 1. The van der Waals surface area contributed by atoms with Crippen molar-refractivity contribution < 1.29 is 0 Å². The molecule has 0 amide bonds. The second-order valence-electron chi connectivity index (χ2n) is 4.39. The molecular weight excluding hydrogens is 248 g/mol. The predicted octanol–water partition coefficient (Wildman–Crippen LogP) is 3.54. The van der Waals surface area contributed by atoms with Crippen molar-refractivity contribution in [2.24, 2.45) is 0 Å². The van der Waals surface area contributed by atoms with Crippen LogP contribution in [0.3, 0.4) is 0 Å². The summed E-state index contributed by atoms with van der Waals surface area (Å²) in [6.07, 6.45) is 1.63. The highest BCUT2D eigenvalue weighted by Gasteiger charge is 2.02. The number of hydrogen-bond acceptors (Lipinski definition) is 4. The van der Waals surface area contributed by atoms with E-state index in [9.17, 15) is 0 Å². The predicted molar refractivity (Wildman–Crippen MR) is 82.2 cm³/mol. The molecule has 0 fully saturated rings. The molecule has 20 heavy (non-hydrogen) atoms. The molecule has 4 nitrogen and oxygen atoms in total. The van der Waals surface area contributed by atoms with Crippen molar-refractivity contribution in [3.05, 3.63) is 48.3 Å². The fourth-order valence-corrected chi connectivity index (χ4v) is 2.08. The number of nitrogens with one attached hydrogen (secondary N) is 1. The number of aromatic nitrogens is 1. The third kappa shape index (κ3) is 3.27. The molecule has 0 aliphatic carbocycles. The second kappa shape index (κ2) is 6.58. The van der Waals surface area contributed by atoms with E-state index in [1.54, 1.807) is 12.3 Å². The van der Waals surface area contributed by atoms with Gasteiger partial charge in [0.25, 0.3) is 0 Å². The van der Waals surface area contributed by atoms with Gasteiger partial charge in [-0.3, -0.25) is 0 Å². The molecule has 102 valence electrons. The average molecular weight is 266 g/mol. The van der Waals surface area contributed by atoms with Crippen molar-refractivity contribution >= 4 is 17.1 Å². The van der Waals surface area contributed by atoms with E-state index in [4.69, 9.17) is 5.26 Å². The Hall–Kier alpha value is -2.54. The Morgan fingerprint density at radius 2 is 1.80 bits per heavy atom. The van der Waals surface area contributed by atoms with Gasteiger partial charge < -0.3 is 10.2 Å². The molecule has 0 saturated carbocycles. The minimum atomic E-state index is 0.412. The maximum Gasteiger partial charge on any atom is 0.142 e. The van der Waals surface area contributed by atoms with E-state index in [0.29, 0.717) is 5.69 Å². The van der Waals surface area contributed by atoms with Crippen molar-refractivity contribution in [2.75, 3.05) is 23.3 Å². The molecule has 0 bridgehead atoms. The lowest BCUT2D eigenvalue weighted by molar-refractivity contribution is 0.866. The number of anilines is 3. The zero-order chi connectivity index (χ0) is 14.4. The number of rotatable bonds is 5. The van der Waals surface area contributed by atoms with Crippen LogP contribution in [0.2, 0.25) is 0 Å². The van der Waals surface area contributed by atoms with Crippen LogP contribution in [0.1, 0.15) is 19.5 Å². The minimum absolute atomic E-state index is 0.412. The van der Waals surface area contributed by atoms with Crippen molar-refractivity contribution in [2.45, 2.75) is 13.8 Å². The fourth-order valence-electron chi connectivity index (χ4n) is 2.08. The van der Waals surface area contributed by atoms with Gasteiger partial charge in [-0.2, -0.15) is 5.26 Å². The lowest BCUT2D eigenvalue weighted by atomic mass is 10.2. The summed E-state index contributed by atoms with van der Waals surface area (Å²) in [5, 5.41) is 12.1. The smallest absolute Gasteiger partial charge is 0.142 e. The van der Waals surface area contributed by atoms with Crippen molar-refractivity contribution in [1.29, 1.82) is 5.26 Å². The van der Waals surface area contributed by atoms with Crippen LogP contribution in [0.15, 0.2) is 42.6 Å². The summed E-state index contributed by atoms with van der Waals surface area (Å²) in [4.78, 5) is 6.25. The molecule has 0 saturated heterocycles. The first-order valence-corrected chi connectivity index (χ1v) is 6.75. The molecule has 0 atom stereocenters. The number of hydrogen-bond donors (Lipinski definition) is 1. The Morgan fingerprint density at radius 3 is 2.40 bits per heavy atom. The van der Waals surface area contributed by atoms with Gasteiger partial charge >= 0.3 is 0 Å². The van der Waals surface area contributed by atoms with E-state index in [2.05, 4.69) is 41.2 Å². The molecule has 0 aliphatic heterocycles. The number of pyridine rings is 1. The zero-order valence-electron chi connectivity index (χ0n) is 11.8. The van der Waals surface area contributed by atoms with Gasteiger partial charge in [0, 0.05) is 36.3 Å². The molecular formula is C16H18N4. The van der Waals surface area contributed by atoms with Crippen LogP contribution in [0.4, 0.5) is 17.1 Å². The van der Waals surface area contributed by atoms with Gasteiger partial charge in [-0.15, -0.1) is 0 Å². The lowest BCUT2D eigenvalue weighted by Gasteiger charge is -2.21. The first kappa shape index (κ1) is 13.9. The molecule has 1 aromatic heterocycles. The third-order valence-electron chi connectivity index (χ3n) is 3.16. The molecule has 1 heterocycles. The topological polar surface area (TPSA) is 52.0 Å². The number of nitrogens with zero attached hydrogens (tertiary/aromatic N) is 3. The average Bonchev–Trinajstić information content (AvgIpc) is 2.50. The van der Waals surface area contributed by atoms with Gasteiger partial charge in [0.1, 0.15) is 11.8 Å². The standard InChI is InChI=1S/C16H18N4/c1-3-20(4-2)16-7-5-13(6-8-16)19-14-9-10-18-15(11-14)12-17/h5-11H,3-4H2,1-2H3,(H,18,19). The van der Waals surface area contributed by atoms with Gasteiger partial charge in [0.15, 0.2) is 0 Å². The quantitative estimate of drug-likeness (QED) is 0.899. The Morgan fingerprint density at radius 1 is 1.10 bits per heavy atom. The normalized spacial score (nSPS) is 9.85. The van der Waals surface area contributed by atoms with Crippen molar-refractivity contribution in [1.82, 2.24) is 4.98 Å². The lowest BCUT2D eigenvalue weighted by Crippen LogP contribution is -2.21. The summed E-state index contributed by atoms with van der Waals surface area (Å²) in [5.74, 6) is 0. The largest absolute Gasteiger partial charge is 0.372 e. The van der Waals surface area contributed by atoms with Crippen LogP contribution < -0.4 is 10.2 Å². The Bertz CT molecular complexity index is 595. The van der Waals surface area contributed by atoms with E-state index in [-0.39, 0.29) is 0 Å². The summed E-state index contributed by atoms with van der Waals surface area (Å²) in [6.45, 7) is 6.30.